The maximum Gasteiger partial charge on any atom is 0.119 e. The molecule has 0 bridgehead atoms. The van der Waals surface area contributed by atoms with E-state index in [1.54, 1.807) is 0 Å². The highest BCUT2D eigenvalue weighted by molar-refractivity contribution is 5.29. The van der Waals surface area contributed by atoms with Gasteiger partial charge in [-0.05, 0) is 38.5 Å². The van der Waals surface area contributed by atoms with E-state index in [9.17, 15) is 0 Å². The van der Waals surface area contributed by atoms with Gasteiger partial charge in [-0.3, -0.25) is 4.90 Å². The van der Waals surface area contributed by atoms with Crippen LogP contribution in [0.4, 0.5) is 0 Å². The lowest BCUT2D eigenvalue weighted by Gasteiger charge is -2.41. The van der Waals surface area contributed by atoms with Crippen LogP contribution in [0.1, 0.15) is 26.3 Å². The minimum Gasteiger partial charge on any atom is -0.491 e. The number of piperazine rings is 1. The number of nitrogens with two attached hydrogens (primary N) is 1. The van der Waals surface area contributed by atoms with E-state index in [0.29, 0.717) is 0 Å². The molecule has 1 atom stereocenters. The van der Waals surface area contributed by atoms with Gasteiger partial charge in [-0.25, -0.2) is 0 Å². The van der Waals surface area contributed by atoms with Gasteiger partial charge in [0.05, 0.1) is 11.8 Å². The number of ether oxygens (including phenoxy) is 1. The van der Waals surface area contributed by atoms with Gasteiger partial charge < -0.3 is 15.8 Å². The molecule has 0 aliphatic carbocycles. The molecule has 0 spiro atoms. The first kappa shape index (κ1) is 15.3. The van der Waals surface area contributed by atoms with Crippen molar-refractivity contribution >= 4 is 0 Å². The van der Waals surface area contributed by atoms with Crippen molar-refractivity contribution in [3.8, 4) is 5.75 Å². The molecule has 0 radical (unpaired) electrons. The van der Waals surface area contributed by atoms with Crippen molar-refractivity contribution in [2.45, 2.75) is 39.0 Å². The maximum atomic E-state index is 6.53. The predicted molar refractivity (Wildman–Crippen MR) is 82.9 cm³/mol. The Labute approximate surface area is 122 Å². The molecule has 4 nitrogen and oxygen atoms in total. The third-order valence-corrected chi connectivity index (χ3v) is 3.67. The zero-order valence-corrected chi connectivity index (χ0v) is 12.9. The zero-order chi connectivity index (χ0) is 14.6. The third kappa shape index (κ3) is 4.20. The van der Waals surface area contributed by atoms with Crippen LogP contribution in [0.5, 0.6) is 5.75 Å². The normalized spacial score (nSPS) is 19.9. The van der Waals surface area contributed by atoms with E-state index < -0.39 is 0 Å². The average molecular weight is 277 g/mol. The number of nitrogens with zero attached hydrogens (tertiary/aromatic N) is 1. The minimum atomic E-state index is -0.307. The molecule has 0 saturated carbocycles. The Morgan fingerprint density at radius 3 is 2.70 bits per heavy atom. The van der Waals surface area contributed by atoms with Gasteiger partial charge in [-0.2, -0.15) is 0 Å². The van der Waals surface area contributed by atoms with E-state index in [2.05, 4.69) is 29.3 Å². The monoisotopic (exact) mass is 277 g/mol. The van der Waals surface area contributed by atoms with Crippen LogP contribution in [-0.2, 0) is 6.42 Å². The summed E-state index contributed by atoms with van der Waals surface area (Å²) in [4.78, 5) is 2.36. The highest BCUT2D eigenvalue weighted by atomic mass is 16.5. The number of nitrogens with one attached hydrogen (secondary N) is 1. The molecular formula is C16H27N3O. The molecule has 0 amide bonds. The van der Waals surface area contributed by atoms with Gasteiger partial charge in [0.2, 0.25) is 0 Å². The van der Waals surface area contributed by atoms with Crippen LogP contribution in [-0.4, -0.2) is 42.8 Å². The summed E-state index contributed by atoms with van der Waals surface area (Å²) in [6.45, 7) is 10.3. The Morgan fingerprint density at radius 2 is 2.05 bits per heavy atom. The number of rotatable bonds is 5. The van der Waals surface area contributed by atoms with E-state index in [-0.39, 0.29) is 11.8 Å². The molecule has 4 heteroatoms. The van der Waals surface area contributed by atoms with E-state index in [1.807, 2.05) is 26.0 Å². The lowest BCUT2D eigenvalue weighted by Crippen LogP contribution is -2.60. The second kappa shape index (κ2) is 6.57. The van der Waals surface area contributed by atoms with Crippen molar-refractivity contribution in [2.24, 2.45) is 5.73 Å². The molecule has 1 heterocycles. The highest BCUT2D eigenvalue weighted by Gasteiger charge is 2.28. The molecule has 2 rings (SSSR count). The first-order valence-electron chi connectivity index (χ1n) is 7.47. The van der Waals surface area contributed by atoms with Gasteiger partial charge in [-0.1, -0.05) is 12.1 Å². The smallest absolute Gasteiger partial charge is 0.119 e. The molecule has 3 N–H and O–H groups in total. The van der Waals surface area contributed by atoms with Gasteiger partial charge >= 0.3 is 0 Å². The molecule has 1 saturated heterocycles. The molecule has 0 aromatic heterocycles. The zero-order valence-electron chi connectivity index (χ0n) is 12.9. The van der Waals surface area contributed by atoms with Crippen molar-refractivity contribution in [1.82, 2.24) is 10.2 Å². The number of hydrogen-bond donors (Lipinski definition) is 2. The first-order chi connectivity index (χ1) is 9.47. The standard InChI is InChI=1S/C16H27N3O/c1-13(2)20-15-6-4-5-14(11-15)12-16(3,17)19-9-7-18-8-10-19/h4-6,11,13,18H,7-10,12,17H2,1-3H3. The number of benzene rings is 1. The maximum absolute atomic E-state index is 6.53. The van der Waals surface area contributed by atoms with Crippen LogP contribution in [0, 0.1) is 0 Å². The Morgan fingerprint density at radius 1 is 1.35 bits per heavy atom. The summed E-state index contributed by atoms with van der Waals surface area (Å²) >= 11 is 0. The molecule has 20 heavy (non-hydrogen) atoms. The van der Waals surface area contributed by atoms with Crippen LogP contribution in [0.3, 0.4) is 0 Å². The second-order valence-electron chi connectivity index (χ2n) is 6.09. The summed E-state index contributed by atoms with van der Waals surface area (Å²) in [6.07, 6.45) is 1.03. The lowest BCUT2D eigenvalue weighted by atomic mass is 9.99. The predicted octanol–water partition coefficient (Wildman–Crippen LogP) is 1.60. The Bertz CT molecular complexity index is 425. The Hall–Kier alpha value is -1.10. The van der Waals surface area contributed by atoms with Gasteiger partial charge in [0.25, 0.3) is 0 Å². The fraction of sp³-hybridized carbons (Fsp3) is 0.625. The fourth-order valence-corrected chi connectivity index (χ4v) is 2.70. The average Bonchev–Trinajstić information content (AvgIpc) is 2.39. The molecular weight excluding hydrogens is 250 g/mol. The van der Waals surface area contributed by atoms with Crippen molar-refractivity contribution in [1.29, 1.82) is 0 Å². The molecule has 1 fully saturated rings. The SMILES string of the molecule is CC(C)Oc1cccc(CC(C)(N)N2CCNCC2)c1. The van der Waals surface area contributed by atoms with Crippen molar-refractivity contribution in [2.75, 3.05) is 26.2 Å². The van der Waals surface area contributed by atoms with Crippen LogP contribution in [0.15, 0.2) is 24.3 Å². The summed E-state index contributed by atoms with van der Waals surface area (Å²) in [7, 11) is 0. The van der Waals surface area contributed by atoms with Crippen LogP contribution >= 0.6 is 0 Å². The van der Waals surface area contributed by atoms with Gasteiger partial charge in [0, 0.05) is 32.6 Å². The van der Waals surface area contributed by atoms with Crippen LogP contribution in [0.25, 0.3) is 0 Å². The largest absolute Gasteiger partial charge is 0.491 e. The lowest BCUT2D eigenvalue weighted by molar-refractivity contribution is 0.0931. The van der Waals surface area contributed by atoms with E-state index in [4.69, 9.17) is 10.5 Å². The van der Waals surface area contributed by atoms with Gasteiger partial charge in [0.1, 0.15) is 5.75 Å². The van der Waals surface area contributed by atoms with Crippen molar-refractivity contribution in [3.05, 3.63) is 29.8 Å². The van der Waals surface area contributed by atoms with E-state index >= 15 is 0 Å². The van der Waals surface area contributed by atoms with Crippen LogP contribution in [0.2, 0.25) is 0 Å². The van der Waals surface area contributed by atoms with Gasteiger partial charge in [0.15, 0.2) is 0 Å². The topological polar surface area (TPSA) is 50.5 Å². The Balaban J connectivity index is 2.04. The van der Waals surface area contributed by atoms with E-state index in [0.717, 1.165) is 38.3 Å². The summed E-state index contributed by atoms with van der Waals surface area (Å²) in [6, 6.07) is 8.27. The molecule has 112 valence electrons. The van der Waals surface area contributed by atoms with Crippen LogP contribution < -0.4 is 15.8 Å². The van der Waals surface area contributed by atoms with Crippen molar-refractivity contribution < 1.29 is 4.74 Å². The minimum absolute atomic E-state index is 0.197. The third-order valence-electron chi connectivity index (χ3n) is 3.67. The molecule has 1 unspecified atom stereocenters. The summed E-state index contributed by atoms with van der Waals surface area (Å²) in [5.41, 5.74) is 7.45. The Kier molecular flexibility index (Phi) is 5.02. The van der Waals surface area contributed by atoms with Crippen molar-refractivity contribution in [3.63, 3.8) is 0 Å². The fourth-order valence-electron chi connectivity index (χ4n) is 2.70. The molecule has 1 aliphatic heterocycles. The summed E-state index contributed by atoms with van der Waals surface area (Å²) < 4.78 is 5.75. The quantitative estimate of drug-likeness (QED) is 0.858. The first-order valence-corrected chi connectivity index (χ1v) is 7.47. The van der Waals surface area contributed by atoms with E-state index in [1.165, 1.54) is 5.56 Å². The summed E-state index contributed by atoms with van der Waals surface area (Å²) in [5.74, 6) is 0.925. The van der Waals surface area contributed by atoms with Gasteiger partial charge in [-0.15, -0.1) is 0 Å². The second-order valence-corrected chi connectivity index (χ2v) is 6.09. The molecule has 1 aromatic carbocycles. The number of hydrogen-bond acceptors (Lipinski definition) is 4. The highest BCUT2D eigenvalue weighted by Crippen LogP contribution is 2.20. The molecule has 1 aromatic rings. The summed E-state index contributed by atoms with van der Waals surface area (Å²) in [5, 5.41) is 3.36. The molecule has 1 aliphatic rings.